The molecule has 0 fully saturated rings. The molecule has 29 heavy (non-hydrogen) atoms. The van der Waals surface area contributed by atoms with Crippen molar-refractivity contribution >= 4 is 35.0 Å². The average molecular weight is 407 g/mol. The van der Waals surface area contributed by atoms with E-state index in [9.17, 15) is 9.59 Å². The Balaban J connectivity index is 1.46. The lowest BCUT2D eigenvalue weighted by molar-refractivity contribution is -0.118. The maximum absolute atomic E-state index is 12.1. The summed E-state index contributed by atoms with van der Waals surface area (Å²) in [6, 6.07) is 24.2. The first-order valence-electron chi connectivity index (χ1n) is 9.15. The highest BCUT2D eigenvalue weighted by Crippen LogP contribution is 2.22. The van der Waals surface area contributed by atoms with Gasteiger partial charge >= 0.3 is 0 Å². The van der Waals surface area contributed by atoms with Gasteiger partial charge in [-0.25, -0.2) is 0 Å². The normalized spacial score (nSPS) is 10.2. The van der Waals surface area contributed by atoms with Gasteiger partial charge in [-0.3, -0.25) is 9.59 Å². The first-order chi connectivity index (χ1) is 14.1. The Hall–Kier alpha value is -3.25. The summed E-state index contributed by atoms with van der Waals surface area (Å²) in [7, 11) is 0. The van der Waals surface area contributed by atoms with Crippen LogP contribution in [0.2, 0.25) is 0 Å². The van der Waals surface area contributed by atoms with Gasteiger partial charge in [0.2, 0.25) is 5.91 Å². The molecular formula is C23H22N2O3S. The molecule has 0 atom stereocenters. The molecular weight excluding hydrogens is 384 g/mol. The van der Waals surface area contributed by atoms with Gasteiger partial charge in [0.1, 0.15) is 5.75 Å². The van der Waals surface area contributed by atoms with Crippen molar-refractivity contribution < 1.29 is 14.3 Å². The van der Waals surface area contributed by atoms with E-state index in [0.29, 0.717) is 11.4 Å². The number of aryl methyl sites for hydroxylation is 1. The molecule has 0 saturated heterocycles. The molecule has 0 bridgehead atoms. The van der Waals surface area contributed by atoms with Gasteiger partial charge in [0.05, 0.1) is 5.75 Å². The molecule has 3 rings (SSSR count). The van der Waals surface area contributed by atoms with Crippen LogP contribution in [0.4, 0.5) is 11.4 Å². The third kappa shape index (κ3) is 7.01. The molecule has 2 amide bonds. The van der Waals surface area contributed by atoms with Crippen molar-refractivity contribution in [1.29, 1.82) is 0 Å². The third-order valence-electron chi connectivity index (χ3n) is 3.94. The summed E-state index contributed by atoms with van der Waals surface area (Å²) >= 11 is 1.41. The molecule has 0 unspecified atom stereocenters. The fourth-order valence-electron chi connectivity index (χ4n) is 2.51. The first-order valence-corrected chi connectivity index (χ1v) is 10.1. The minimum Gasteiger partial charge on any atom is -0.484 e. The number of carbonyl (C=O) groups excluding carboxylic acids is 2. The highest BCUT2D eigenvalue weighted by atomic mass is 32.2. The van der Waals surface area contributed by atoms with Crippen molar-refractivity contribution in [3.05, 3.63) is 84.4 Å². The number of hydrogen-bond acceptors (Lipinski definition) is 4. The second-order valence-electron chi connectivity index (χ2n) is 6.38. The van der Waals surface area contributed by atoms with E-state index in [0.717, 1.165) is 16.1 Å². The molecule has 0 radical (unpaired) electrons. The second-order valence-corrected chi connectivity index (χ2v) is 7.43. The van der Waals surface area contributed by atoms with Crippen LogP contribution >= 0.6 is 11.8 Å². The standard InChI is InChI=1S/C23H22N2O3S/c1-17-10-12-18(13-11-17)24-23(27)16-29-21-9-5-6-19(14-21)25-22(26)15-28-20-7-3-2-4-8-20/h2-14H,15-16H2,1H3,(H,24,27)(H,25,26). The van der Waals surface area contributed by atoms with Crippen LogP contribution in [0.1, 0.15) is 5.56 Å². The number of ether oxygens (including phenoxy) is 1. The predicted molar refractivity (Wildman–Crippen MR) is 118 cm³/mol. The predicted octanol–water partition coefficient (Wildman–Crippen LogP) is 4.74. The van der Waals surface area contributed by atoms with E-state index in [1.807, 2.05) is 67.6 Å². The molecule has 3 aromatic carbocycles. The smallest absolute Gasteiger partial charge is 0.262 e. The van der Waals surface area contributed by atoms with Gasteiger partial charge in [0.15, 0.2) is 6.61 Å². The molecule has 0 aliphatic heterocycles. The highest BCUT2D eigenvalue weighted by molar-refractivity contribution is 8.00. The Bertz CT molecular complexity index is 959. The minimum absolute atomic E-state index is 0.0691. The summed E-state index contributed by atoms with van der Waals surface area (Å²) in [5, 5.41) is 5.68. The lowest BCUT2D eigenvalue weighted by Crippen LogP contribution is -2.20. The van der Waals surface area contributed by atoms with E-state index in [-0.39, 0.29) is 24.2 Å². The lowest BCUT2D eigenvalue weighted by Gasteiger charge is -2.09. The summed E-state index contributed by atoms with van der Waals surface area (Å²) in [5.41, 5.74) is 2.58. The summed E-state index contributed by atoms with van der Waals surface area (Å²) in [6.07, 6.45) is 0. The van der Waals surface area contributed by atoms with E-state index >= 15 is 0 Å². The lowest BCUT2D eigenvalue weighted by atomic mass is 10.2. The van der Waals surface area contributed by atoms with Crippen molar-refractivity contribution in [2.45, 2.75) is 11.8 Å². The van der Waals surface area contributed by atoms with Gasteiger partial charge < -0.3 is 15.4 Å². The largest absolute Gasteiger partial charge is 0.484 e. The van der Waals surface area contributed by atoms with Crippen LogP contribution in [-0.4, -0.2) is 24.2 Å². The topological polar surface area (TPSA) is 67.4 Å². The van der Waals surface area contributed by atoms with E-state index in [1.54, 1.807) is 18.2 Å². The number of thioether (sulfide) groups is 1. The summed E-state index contributed by atoms with van der Waals surface area (Å²) in [6.45, 7) is 1.93. The van der Waals surface area contributed by atoms with E-state index in [2.05, 4.69) is 10.6 Å². The van der Waals surface area contributed by atoms with E-state index in [1.165, 1.54) is 11.8 Å². The Kier molecular flexibility index (Phi) is 7.30. The van der Waals surface area contributed by atoms with Crippen molar-refractivity contribution in [3.63, 3.8) is 0 Å². The first kappa shape index (κ1) is 20.5. The van der Waals surface area contributed by atoms with Crippen molar-refractivity contribution in [2.24, 2.45) is 0 Å². The number of rotatable bonds is 8. The summed E-state index contributed by atoms with van der Waals surface area (Å²) in [4.78, 5) is 25.1. The van der Waals surface area contributed by atoms with Crippen LogP contribution in [0, 0.1) is 6.92 Å². The van der Waals surface area contributed by atoms with Gasteiger partial charge in [-0.15, -0.1) is 11.8 Å². The summed E-state index contributed by atoms with van der Waals surface area (Å²) < 4.78 is 5.44. The number of amides is 2. The highest BCUT2D eigenvalue weighted by Gasteiger charge is 2.07. The van der Waals surface area contributed by atoms with Gasteiger partial charge in [-0.2, -0.15) is 0 Å². The molecule has 0 aliphatic rings. The second kappa shape index (κ2) is 10.3. The SMILES string of the molecule is Cc1ccc(NC(=O)CSc2cccc(NC(=O)COc3ccccc3)c2)cc1. The zero-order chi connectivity index (χ0) is 20.5. The molecule has 6 heteroatoms. The fourth-order valence-corrected chi connectivity index (χ4v) is 3.26. The monoisotopic (exact) mass is 406 g/mol. The Morgan fingerprint density at radius 3 is 2.31 bits per heavy atom. The minimum atomic E-state index is -0.242. The molecule has 0 spiro atoms. The van der Waals surface area contributed by atoms with E-state index in [4.69, 9.17) is 4.74 Å². The molecule has 2 N–H and O–H groups in total. The number of benzene rings is 3. The Morgan fingerprint density at radius 1 is 0.828 bits per heavy atom. The van der Waals surface area contributed by atoms with Gasteiger partial charge in [-0.1, -0.05) is 42.0 Å². The molecule has 0 aromatic heterocycles. The van der Waals surface area contributed by atoms with Gasteiger partial charge in [0.25, 0.3) is 5.91 Å². The van der Waals surface area contributed by atoms with Crippen molar-refractivity contribution in [1.82, 2.24) is 0 Å². The van der Waals surface area contributed by atoms with Crippen LogP contribution < -0.4 is 15.4 Å². The van der Waals surface area contributed by atoms with Crippen molar-refractivity contribution in [2.75, 3.05) is 23.0 Å². The number of para-hydroxylation sites is 1. The third-order valence-corrected chi connectivity index (χ3v) is 4.93. The van der Waals surface area contributed by atoms with Gasteiger partial charge in [-0.05, 0) is 49.4 Å². The number of nitrogens with one attached hydrogen (secondary N) is 2. The van der Waals surface area contributed by atoms with Crippen LogP contribution in [0.5, 0.6) is 5.75 Å². The Morgan fingerprint density at radius 2 is 1.55 bits per heavy atom. The number of hydrogen-bond donors (Lipinski definition) is 2. The van der Waals surface area contributed by atoms with Crippen LogP contribution in [0.3, 0.4) is 0 Å². The maximum atomic E-state index is 12.1. The number of carbonyl (C=O) groups is 2. The quantitative estimate of drug-likeness (QED) is 0.530. The van der Waals surface area contributed by atoms with Crippen LogP contribution in [0.25, 0.3) is 0 Å². The zero-order valence-corrected chi connectivity index (χ0v) is 16.9. The Labute approximate surface area is 174 Å². The average Bonchev–Trinajstić information content (AvgIpc) is 2.73. The number of anilines is 2. The summed E-state index contributed by atoms with van der Waals surface area (Å²) in [5.74, 6) is 0.604. The molecule has 5 nitrogen and oxygen atoms in total. The van der Waals surface area contributed by atoms with E-state index < -0.39 is 0 Å². The molecule has 0 saturated carbocycles. The van der Waals surface area contributed by atoms with Crippen LogP contribution in [0.15, 0.2) is 83.8 Å². The van der Waals surface area contributed by atoms with Gasteiger partial charge in [0, 0.05) is 16.3 Å². The zero-order valence-electron chi connectivity index (χ0n) is 16.1. The fraction of sp³-hybridized carbons (Fsp3) is 0.130. The molecule has 0 heterocycles. The van der Waals surface area contributed by atoms with Crippen LogP contribution in [-0.2, 0) is 9.59 Å². The molecule has 3 aromatic rings. The maximum Gasteiger partial charge on any atom is 0.262 e. The molecule has 0 aliphatic carbocycles. The molecule has 148 valence electrons. The van der Waals surface area contributed by atoms with Crippen molar-refractivity contribution in [3.8, 4) is 5.75 Å².